The Balaban J connectivity index is 1.41. The summed E-state index contributed by atoms with van der Waals surface area (Å²) in [5.74, 6) is -3.73. The Hall–Kier alpha value is -4.48. The van der Waals surface area contributed by atoms with E-state index in [4.69, 9.17) is 9.47 Å². The average Bonchev–Trinajstić information content (AvgIpc) is 3.73. The SMILES string of the molecule is CCN(CC)c1ccc(N2C/C=C\CCC(=O)N[C@@H](C)[C@H](c3ccccc3)OC(=O)[C@@H]3[C@H]4C(=O)N(CCO)[C@H](C2=O)[C@]42C=C[C@H]3O2)cc1. The number of likely N-dealkylation sites (tertiary alicyclic amines) is 1. The van der Waals surface area contributed by atoms with Gasteiger partial charge >= 0.3 is 5.97 Å². The number of aliphatic hydroxyl groups is 1. The number of aliphatic hydroxyl groups excluding tert-OH is 1. The maximum absolute atomic E-state index is 14.8. The number of ether oxygens (including phenoxy) is 2. The Morgan fingerprint density at radius 3 is 2.40 bits per heavy atom. The first kappa shape index (κ1) is 33.4. The van der Waals surface area contributed by atoms with Crippen LogP contribution in [0.1, 0.15) is 45.3 Å². The molecule has 0 saturated carbocycles. The molecule has 2 aromatic carbocycles. The molecule has 11 nitrogen and oxygen atoms in total. The second kappa shape index (κ2) is 13.9. The largest absolute Gasteiger partial charge is 0.455 e. The number of rotatable bonds is 7. The number of nitrogens with one attached hydrogen (secondary N) is 1. The number of carbonyl (C=O) groups excluding carboxylic acids is 4. The molecular weight excluding hydrogens is 612 g/mol. The van der Waals surface area contributed by atoms with Gasteiger partial charge in [-0.3, -0.25) is 19.2 Å². The van der Waals surface area contributed by atoms with Gasteiger partial charge in [-0.2, -0.15) is 0 Å². The summed E-state index contributed by atoms with van der Waals surface area (Å²) >= 11 is 0. The van der Waals surface area contributed by atoms with Gasteiger partial charge in [0.15, 0.2) is 0 Å². The zero-order valence-corrected chi connectivity index (χ0v) is 27.7. The number of benzene rings is 2. The highest BCUT2D eigenvalue weighted by atomic mass is 16.6. The topological polar surface area (TPSA) is 129 Å². The molecule has 2 saturated heterocycles. The van der Waals surface area contributed by atoms with Crippen molar-refractivity contribution < 1.29 is 33.8 Å². The minimum absolute atomic E-state index is 0.0998. The molecular formula is C37H44N4O7. The normalized spacial score (nSPS) is 31.1. The first-order valence-electron chi connectivity index (χ1n) is 16.9. The van der Waals surface area contributed by atoms with E-state index in [1.807, 2.05) is 66.7 Å². The number of esters is 1. The van der Waals surface area contributed by atoms with Crippen molar-refractivity contribution in [3.05, 3.63) is 84.5 Å². The zero-order chi connectivity index (χ0) is 34.0. The van der Waals surface area contributed by atoms with Crippen LogP contribution in [-0.2, 0) is 28.7 Å². The van der Waals surface area contributed by atoms with Gasteiger partial charge in [-0.05, 0) is 57.0 Å². The van der Waals surface area contributed by atoms with Crippen LogP contribution in [-0.4, -0.2) is 90.3 Å². The molecule has 11 heteroatoms. The monoisotopic (exact) mass is 656 g/mol. The van der Waals surface area contributed by atoms with Crippen molar-refractivity contribution in [1.29, 1.82) is 0 Å². The third kappa shape index (κ3) is 5.90. The highest BCUT2D eigenvalue weighted by Crippen LogP contribution is 2.56. The summed E-state index contributed by atoms with van der Waals surface area (Å²) < 4.78 is 12.7. The van der Waals surface area contributed by atoms with Gasteiger partial charge in [0, 0.05) is 44.0 Å². The third-order valence-electron chi connectivity index (χ3n) is 9.98. The number of nitrogens with zero attached hydrogens (tertiary/aromatic N) is 3. The van der Waals surface area contributed by atoms with E-state index >= 15 is 0 Å². The van der Waals surface area contributed by atoms with E-state index in [0.717, 1.165) is 18.8 Å². The highest BCUT2D eigenvalue weighted by Gasteiger charge is 2.73. The number of hydrogen-bond acceptors (Lipinski definition) is 8. The quantitative estimate of drug-likeness (QED) is 0.344. The van der Waals surface area contributed by atoms with Crippen LogP contribution in [0.5, 0.6) is 0 Å². The fraction of sp³-hybridized carbons (Fsp3) is 0.459. The molecule has 0 aliphatic carbocycles. The van der Waals surface area contributed by atoms with E-state index in [1.165, 1.54) is 4.90 Å². The van der Waals surface area contributed by atoms with Gasteiger partial charge in [0.2, 0.25) is 11.8 Å². The van der Waals surface area contributed by atoms with Gasteiger partial charge in [0.1, 0.15) is 23.7 Å². The minimum atomic E-state index is -1.42. The number of β-amino-alcohol motifs (C(OH)–C–C–N with tert-alkyl or cyclic N) is 1. The minimum Gasteiger partial charge on any atom is -0.455 e. The summed E-state index contributed by atoms with van der Waals surface area (Å²) in [6, 6.07) is 15.2. The lowest BCUT2D eigenvalue weighted by Crippen LogP contribution is -2.56. The molecule has 48 heavy (non-hydrogen) atoms. The fourth-order valence-corrected chi connectivity index (χ4v) is 7.69. The molecule has 2 aromatic rings. The van der Waals surface area contributed by atoms with Gasteiger partial charge < -0.3 is 34.6 Å². The van der Waals surface area contributed by atoms with Crippen molar-refractivity contribution >= 4 is 35.1 Å². The molecule has 4 aliphatic heterocycles. The Bertz CT molecular complexity index is 1570. The summed E-state index contributed by atoms with van der Waals surface area (Å²) in [7, 11) is 0. The van der Waals surface area contributed by atoms with Gasteiger partial charge in [0.05, 0.1) is 24.7 Å². The predicted molar refractivity (Wildman–Crippen MR) is 180 cm³/mol. The smallest absolute Gasteiger partial charge is 0.313 e. The summed E-state index contributed by atoms with van der Waals surface area (Å²) in [5, 5.41) is 13.0. The van der Waals surface area contributed by atoms with Gasteiger partial charge in [0.25, 0.3) is 5.91 Å². The molecule has 254 valence electrons. The first-order valence-corrected chi connectivity index (χ1v) is 16.9. The van der Waals surface area contributed by atoms with Crippen LogP contribution in [0, 0.1) is 11.8 Å². The van der Waals surface area contributed by atoms with Crippen molar-refractivity contribution in [1.82, 2.24) is 10.2 Å². The molecule has 2 N–H and O–H groups in total. The van der Waals surface area contributed by atoms with Crippen molar-refractivity contribution in [2.24, 2.45) is 11.8 Å². The lowest BCUT2D eigenvalue weighted by Gasteiger charge is -2.35. The lowest BCUT2D eigenvalue weighted by atomic mass is 9.74. The molecule has 7 atom stereocenters. The molecule has 0 unspecified atom stereocenters. The van der Waals surface area contributed by atoms with Gasteiger partial charge in [-0.15, -0.1) is 0 Å². The maximum Gasteiger partial charge on any atom is 0.313 e. The molecule has 5 bridgehead atoms. The Morgan fingerprint density at radius 1 is 0.979 bits per heavy atom. The number of cyclic esters (lactones) is 1. The summed E-state index contributed by atoms with van der Waals surface area (Å²) in [6.07, 6.45) is 6.21. The van der Waals surface area contributed by atoms with Crippen molar-refractivity contribution in [2.75, 3.05) is 42.6 Å². The molecule has 3 amide bonds. The van der Waals surface area contributed by atoms with Gasteiger partial charge in [-0.1, -0.05) is 54.6 Å². The van der Waals surface area contributed by atoms with Crippen molar-refractivity contribution in [3.63, 3.8) is 0 Å². The van der Waals surface area contributed by atoms with Crippen LogP contribution in [0.3, 0.4) is 0 Å². The molecule has 6 rings (SSSR count). The number of hydrogen-bond donors (Lipinski definition) is 2. The summed E-state index contributed by atoms with van der Waals surface area (Å²) in [4.78, 5) is 61.4. The van der Waals surface area contributed by atoms with Crippen LogP contribution in [0.25, 0.3) is 0 Å². The molecule has 4 aliphatic rings. The van der Waals surface area contributed by atoms with E-state index in [9.17, 15) is 24.3 Å². The maximum atomic E-state index is 14.8. The molecule has 0 aromatic heterocycles. The van der Waals surface area contributed by atoms with E-state index < -0.39 is 59.5 Å². The Kier molecular flexibility index (Phi) is 9.70. The standard InChI is InChI=1S/C37H44N4O7/c1-4-39(5-2)26-15-17-27(18-16-26)40-21-11-7-10-14-29(43)38-24(3)32(25-12-8-6-9-13-25)47-36(46)30-28-19-20-37(48-28)31(30)34(44)41(22-23-42)33(37)35(40)45/h6-9,11-13,15-20,24,28,30-33,42H,4-5,10,14,21-23H2,1-3H3,(H,38,43)/b11-7-/t24-,28+,30-,31-,32+,33+,37-/m0/s1. The molecule has 0 radical (unpaired) electrons. The van der Waals surface area contributed by atoms with E-state index in [2.05, 4.69) is 24.1 Å². The lowest BCUT2D eigenvalue weighted by molar-refractivity contribution is -0.161. The fourth-order valence-electron chi connectivity index (χ4n) is 7.69. The average molecular weight is 657 g/mol. The first-order chi connectivity index (χ1) is 23.2. The molecule has 2 fully saturated rings. The van der Waals surface area contributed by atoms with Gasteiger partial charge in [-0.25, -0.2) is 0 Å². The van der Waals surface area contributed by atoms with Crippen LogP contribution in [0.15, 0.2) is 78.9 Å². The summed E-state index contributed by atoms with van der Waals surface area (Å²) in [6.45, 7) is 7.32. The Morgan fingerprint density at radius 2 is 1.71 bits per heavy atom. The van der Waals surface area contributed by atoms with Crippen LogP contribution >= 0.6 is 0 Å². The van der Waals surface area contributed by atoms with Crippen LogP contribution in [0.2, 0.25) is 0 Å². The van der Waals surface area contributed by atoms with E-state index in [-0.39, 0.29) is 32.0 Å². The highest BCUT2D eigenvalue weighted by molar-refractivity contribution is 6.05. The van der Waals surface area contributed by atoms with Crippen molar-refractivity contribution in [3.8, 4) is 0 Å². The second-order valence-corrected chi connectivity index (χ2v) is 12.7. The number of carbonyl (C=O) groups is 4. The number of amides is 3. The Labute approximate surface area is 281 Å². The van der Waals surface area contributed by atoms with Crippen LogP contribution in [0.4, 0.5) is 11.4 Å². The number of allylic oxidation sites excluding steroid dienone is 1. The third-order valence-corrected chi connectivity index (χ3v) is 9.98. The number of fused-ring (bicyclic) bond motifs is 2. The molecule has 1 spiro atoms. The van der Waals surface area contributed by atoms with E-state index in [1.54, 1.807) is 24.0 Å². The summed E-state index contributed by atoms with van der Waals surface area (Å²) in [5.41, 5.74) is 0.919. The second-order valence-electron chi connectivity index (χ2n) is 12.7. The zero-order valence-electron chi connectivity index (χ0n) is 27.7. The van der Waals surface area contributed by atoms with Crippen LogP contribution < -0.4 is 15.1 Å². The van der Waals surface area contributed by atoms with E-state index in [0.29, 0.717) is 17.7 Å². The predicted octanol–water partition coefficient (Wildman–Crippen LogP) is 3.15. The molecule has 4 heterocycles. The number of anilines is 2. The van der Waals surface area contributed by atoms with Crippen molar-refractivity contribution in [2.45, 2.75) is 63.5 Å².